The van der Waals surface area contributed by atoms with E-state index in [1.165, 1.54) is 50.5 Å². The molecule has 2 aromatic rings. The van der Waals surface area contributed by atoms with E-state index in [1.54, 1.807) is 0 Å². The van der Waals surface area contributed by atoms with Crippen molar-refractivity contribution in [3.8, 4) is 0 Å². The Balaban J connectivity index is 2.01. The van der Waals surface area contributed by atoms with Crippen LogP contribution in [0.5, 0.6) is 0 Å². The van der Waals surface area contributed by atoms with Crippen molar-refractivity contribution in [1.82, 2.24) is 4.31 Å². The summed E-state index contributed by atoms with van der Waals surface area (Å²) in [5, 5.41) is 5.67. The van der Waals surface area contributed by atoms with Crippen molar-refractivity contribution < 1.29 is 21.6 Å². The highest BCUT2D eigenvalue weighted by Crippen LogP contribution is 2.31. The zero-order valence-corrected chi connectivity index (χ0v) is 17.8. The summed E-state index contributed by atoms with van der Waals surface area (Å²) in [6.45, 7) is 2.36. The Labute approximate surface area is 170 Å². The molecule has 0 aliphatic carbocycles. The molecule has 0 spiro atoms. The number of nitrogens with one attached hydrogen (secondary N) is 3. The minimum absolute atomic E-state index is 0.0175. The largest absolute Gasteiger partial charge is 0.384 e. The van der Waals surface area contributed by atoms with Gasteiger partial charge in [-0.1, -0.05) is 0 Å². The van der Waals surface area contributed by atoms with Crippen LogP contribution in [0.3, 0.4) is 0 Å². The highest BCUT2D eigenvalue weighted by Gasteiger charge is 2.24. The van der Waals surface area contributed by atoms with Gasteiger partial charge in [-0.2, -0.15) is 0 Å². The third kappa shape index (κ3) is 4.21. The Hall–Kier alpha value is -2.63. The van der Waals surface area contributed by atoms with Gasteiger partial charge in [0.1, 0.15) is 0 Å². The second-order valence-electron chi connectivity index (χ2n) is 6.67. The van der Waals surface area contributed by atoms with Crippen LogP contribution in [0, 0.1) is 0 Å². The fraction of sp³-hybridized carbons (Fsp3) is 0.278. The first-order chi connectivity index (χ1) is 13.5. The van der Waals surface area contributed by atoms with Gasteiger partial charge in [-0.15, -0.1) is 0 Å². The second-order valence-corrected chi connectivity index (χ2v) is 10.5. The standard InChI is InChI=1S/C18H22N4O5S2/c1-4-19-16-8-6-14(29(26,27)22(2)3)11-17(16)21-28(24,25)13-5-7-15-12(9-13)10-18(23)20-15/h5-9,11,19,21H,4,10H2,1-3H3,(H,20,23). The van der Waals surface area contributed by atoms with E-state index >= 15 is 0 Å². The van der Waals surface area contributed by atoms with Crippen molar-refractivity contribution in [3.05, 3.63) is 42.0 Å². The van der Waals surface area contributed by atoms with Crippen molar-refractivity contribution in [2.24, 2.45) is 0 Å². The molecule has 0 saturated heterocycles. The van der Waals surface area contributed by atoms with Crippen molar-refractivity contribution >= 4 is 43.0 Å². The lowest BCUT2D eigenvalue weighted by Gasteiger charge is -2.17. The van der Waals surface area contributed by atoms with E-state index in [4.69, 9.17) is 0 Å². The first kappa shape index (κ1) is 21.1. The van der Waals surface area contributed by atoms with Gasteiger partial charge in [0.05, 0.1) is 27.6 Å². The van der Waals surface area contributed by atoms with Gasteiger partial charge in [0, 0.05) is 26.3 Å². The van der Waals surface area contributed by atoms with Gasteiger partial charge in [-0.3, -0.25) is 9.52 Å². The Morgan fingerprint density at radius 2 is 1.69 bits per heavy atom. The summed E-state index contributed by atoms with van der Waals surface area (Å²) < 4.78 is 54.3. The van der Waals surface area contributed by atoms with E-state index in [9.17, 15) is 21.6 Å². The average molecular weight is 439 g/mol. The molecule has 0 saturated carbocycles. The Bertz CT molecular complexity index is 1170. The van der Waals surface area contributed by atoms with Crippen LogP contribution < -0.4 is 15.4 Å². The molecule has 2 aromatic carbocycles. The van der Waals surface area contributed by atoms with Crippen LogP contribution in [0.25, 0.3) is 0 Å². The van der Waals surface area contributed by atoms with Gasteiger partial charge in [0.2, 0.25) is 15.9 Å². The molecule has 0 fully saturated rings. The molecule has 0 aromatic heterocycles. The molecule has 11 heteroatoms. The third-order valence-corrected chi connectivity index (χ3v) is 7.57. The number of nitrogens with zero attached hydrogens (tertiary/aromatic N) is 1. The zero-order valence-electron chi connectivity index (χ0n) is 16.2. The monoisotopic (exact) mass is 438 g/mol. The van der Waals surface area contributed by atoms with Crippen LogP contribution in [0.4, 0.5) is 17.1 Å². The number of rotatable bonds is 7. The number of benzene rings is 2. The summed E-state index contributed by atoms with van der Waals surface area (Å²) in [5.41, 5.74) is 1.74. The minimum Gasteiger partial charge on any atom is -0.384 e. The van der Waals surface area contributed by atoms with E-state index in [-0.39, 0.29) is 27.8 Å². The van der Waals surface area contributed by atoms with Gasteiger partial charge in [0.25, 0.3) is 10.0 Å². The normalized spacial score (nSPS) is 13.9. The summed E-state index contributed by atoms with van der Waals surface area (Å²) in [4.78, 5) is 11.5. The van der Waals surface area contributed by atoms with Crippen molar-refractivity contribution in [1.29, 1.82) is 0 Å². The SMILES string of the molecule is CCNc1ccc(S(=O)(=O)N(C)C)cc1NS(=O)(=O)c1ccc2c(c1)CC(=O)N2. The molecule has 3 N–H and O–H groups in total. The molecule has 0 bridgehead atoms. The lowest BCUT2D eigenvalue weighted by molar-refractivity contribution is -0.115. The quantitative estimate of drug-likeness (QED) is 0.604. The lowest BCUT2D eigenvalue weighted by Crippen LogP contribution is -2.22. The molecule has 29 heavy (non-hydrogen) atoms. The number of hydrogen-bond acceptors (Lipinski definition) is 6. The molecular formula is C18H22N4O5S2. The summed E-state index contributed by atoms with van der Waals surface area (Å²) in [5.74, 6) is -0.196. The molecule has 1 aliphatic rings. The number of carbonyl (C=O) groups excluding carboxylic acids is 1. The summed E-state index contributed by atoms with van der Waals surface area (Å²) in [7, 11) is -4.95. The summed E-state index contributed by atoms with van der Waals surface area (Å²) in [6.07, 6.45) is 0.109. The first-order valence-corrected chi connectivity index (χ1v) is 11.7. The van der Waals surface area contributed by atoms with E-state index in [0.29, 0.717) is 23.5 Å². The molecule has 1 amide bonds. The highest BCUT2D eigenvalue weighted by molar-refractivity contribution is 7.92. The number of anilines is 3. The van der Waals surface area contributed by atoms with Crippen LogP contribution in [0.15, 0.2) is 46.2 Å². The first-order valence-electron chi connectivity index (χ1n) is 8.80. The number of hydrogen-bond donors (Lipinski definition) is 3. The van der Waals surface area contributed by atoms with Gasteiger partial charge in [-0.25, -0.2) is 21.1 Å². The fourth-order valence-electron chi connectivity index (χ4n) is 2.90. The van der Waals surface area contributed by atoms with Crippen molar-refractivity contribution in [3.63, 3.8) is 0 Å². The minimum atomic E-state index is -4.01. The summed E-state index contributed by atoms with van der Waals surface area (Å²) >= 11 is 0. The van der Waals surface area contributed by atoms with Crippen LogP contribution in [0.2, 0.25) is 0 Å². The predicted octanol–water partition coefficient (Wildman–Crippen LogP) is 1.66. The van der Waals surface area contributed by atoms with Crippen LogP contribution >= 0.6 is 0 Å². The van der Waals surface area contributed by atoms with E-state index < -0.39 is 20.0 Å². The average Bonchev–Trinajstić information content (AvgIpc) is 3.02. The van der Waals surface area contributed by atoms with Crippen molar-refractivity contribution in [2.75, 3.05) is 36.0 Å². The maximum Gasteiger partial charge on any atom is 0.261 e. The topological polar surface area (TPSA) is 125 Å². The fourth-order valence-corrected chi connectivity index (χ4v) is 4.95. The van der Waals surface area contributed by atoms with Gasteiger partial charge < -0.3 is 10.6 Å². The highest BCUT2D eigenvalue weighted by atomic mass is 32.2. The third-order valence-electron chi connectivity index (χ3n) is 4.39. The molecular weight excluding hydrogens is 416 g/mol. The maximum absolute atomic E-state index is 12.9. The van der Waals surface area contributed by atoms with E-state index in [2.05, 4.69) is 15.4 Å². The van der Waals surface area contributed by atoms with Gasteiger partial charge in [-0.05, 0) is 48.9 Å². The van der Waals surface area contributed by atoms with E-state index in [0.717, 1.165) is 4.31 Å². The predicted molar refractivity (Wildman–Crippen MR) is 111 cm³/mol. The molecule has 3 rings (SSSR count). The summed E-state index contributed by atoms with van der Waals surface area (Å²) in [6, 6.07) is 8.57. The lowest BCUT2D eigenvalue weighted by atomic mass is 10.2. The zero-order chi connectivity index (χ0) is 21.4. The maximum atomic E-state index is 12.9. The van der Waals surface area contributed by atoms with Crippen LogP contribution in [0.1, 0.15) is 12.5 Å². The van der Waals surface area contributed by atoms with Gasteiger partial charge >= 0.3 is 0 Å². The van der Waals surface area contributed by atoms with E-state index in [1.807, 2.05) is 6.92 Å². The number of carbonyl (C=O) groups is 1. The number of sulfonamides is 2. The van der Waals surface area contributed by atoms with Crippen LogP contribution in [-0.2, 0) is 31.3 Å². The Morgan fingerprint density at radius 3 is 2.34 bits per heavy atom. The second kappa shape index (κ2) is 7.65. The Morgan fingerprint density at radius 1 is 1.00 bits per heavy atom. The van der Waals surface area contributed by atoms with Crippen molar-refractivity contribution in [2.45, 2.75) is 23.1 Å². The Kier molecular flexibility index (Phi) is 5.57. The molecule has 9 nitrogen and oxygen atoms in total. The molecule has 0 radical (unpaired) electrons. The molecule has 1 aliphatic heterocycles. The number of fused-ring (bicyclic) bond motifs is 1. The molecule has 156 valence electrons. The smallest absolute Gasteiger partial charge is 0.261 e. The molecule has 1 heterocycles. The van der Waals surface area contributed by atoms with Gasteiger partial charge in [0.15, 0.2) is 0 Å². The molecule has 0 atom stereocenters. The number of amides is 1. The molecule has 0 unspecified atom stereocenters. The van der Waals surface area contributed by atoms with Crippen LogP contribution in [-0.4, -0.2) is 47.7 Å².